The number of aromatic nitrogens is 1. The summed E-state index contributed by atoms with van der Waals surface area (Å²) in [7, 11) is 0. The van der Waals surface area contributed by atoms with Gasteiger partial charge in [-0.25, -0.2) is 0 Å². The van der Waals surface area contributed by atoms with Crippen LogP contribution < -0.4 is 0 Å². The van der Waals surface area contributed by atoms with Gasteiger partial charge < -0.3 is 4.57 Å². The van der Waals surface area contributed by atoms with E-state index in [1.807, 2.05) is 24.3 Å². The van der Waals surface area contributed by atoms with Crippen LogP contribution in [0.4, 0.5) is 0 Å². The average molecular weight is 333 g/mol. The molecule has 0 saturated carbocycles. The third-order valence-electron chi connectivity index (χ3n) is 5.16. The Morgan fingerprint density at radius 2 is 1.72 bits per heavy atom. The fourth-order valence-electron chi connectivity index (χ4n) is 3.72. The van der Waals surface area contributed by atoms with Gasteiger partial charge in [-0.15, -0.1) is 0 Å². The van der Waals surface area contributed by atoms with Crippen LogP contribution in [0.3, 0.4) is 0 Å². The second kappa shape index (κ2) is 8.15. The lowest BCUT2D eigenvalue weighted by molar-refractivity contribution is 0.112. The van der Waals surface area contributed by atoms with Crippen molar-refractivity contribution in [3.63, 3.8) is 0 Å². The zero-order valence-electron chi connectivity index (χ0n) is 15.2. The molecule has 0 spiro atoms. The Kier molecular flexibility index (Phi) is 5.70. The van der Waals surface area contributed by atoms with Crippen molar-refractivity contribution >= 4 is 17.2 Å². The number of carbonyl (C=O) groups is 1. The first-order valence-electron chi connectivity index (χ1n) is 9.41. The molecule has 0 amide bonds. The highest BCUT2D eigenvalue weighted by Gasteiger charge is 2.19. The molecule has 0 bridgehead atoms. The minimum absolute atomic E-state index is 0.637. The lowest BCUT2D eigenvalue weighted by Crippen LogP contribution is -2.11. The molecule has 1 atom stereocenters. The van der Waals surface area contributed by atoms with Crippen molar-refractivity contribution in [2.24, 2.45) is 5.92 Å². The van der Waals surface area contributed by atoms with Crippen molar-refractivity contribution in [3.05, 3.63) is 60.2 Å². The van der Waals surface area contributed by atoms with Gasteiger partial charge >= 0.3 is 0 Å². The summed E-state index contributed by atoms with van der Waals surface area (Å²) in [4.78, 5) is 11.9. The Labute approximate surface area is 150 Å². The Morgan fingerprint density at radius 3 is 2.40 bits per heavy atom. The van der Waals surface area contributed by atoms with Gasteiger partial charge in [-0.3, -0.25) is 4.79 Å². The van der Waals surface area contributed by atoms with Crippen molar-refractivity contribution in [1.29, 1.82) is 0 Å². The summed E-state index contributed by atoms with van der Waals surface area (Å²) >= 11 is 0. The lowest BCUT2D eigenvalue weighted by atomic mass is 9.99. The first-order valence-corrected chi connectivity index (χ1v) is 9.41. The molecule has 2 aromatic carbocycles. The van der Waals surface area contributed by atoms with Crippen LogP contribution >= 0.6 is 0 Å². The van der Waals surface area contributed by atoms with E-state index in [-0.39, 0.29) is 0 Å². The molecule has 3 aromatic rings. The van der Waals surface area contributed by atoms with Crippen molar-refractivity contribution in [3.8, 4) is 11.3 Å². The summed E-state index contributed by atoms with van der Waals surface area (Å²) in [5, 5.41) is 1.06. The van der Waals surface area contributed by atoms with Crippen molar-refractivity contribution in [1.82, 2.24) is 4.57 Å². The summed E-state index contributed by atoms with van der Waals surface area (Å²) < 4.78 is 2.37. The van der Waals surface area contributed by atoms with E-state index in [1.165, 1.54) is 24.8 Å². The molecular formula is C23H27NO. The van der Waals surface area contributed by atoms with Gasteiger partial charge in [-0.1, -0.05) is 81.6 Å². The summed E-state index contributed by atoms with van der Waals surface area (Å²) in [6.07, 6.45) is 5.92. The average Bonchev–Trinajstić information content (AvgIpc) is 2.99. The number of unbranched alkanes of at least 4 members (excludes halogenated alkanes) is 1. The monoisotopic (exact) mass is 333 g/mol. The second-order valence-corrected chi connectivity index (χ2v) is 6.79. The summed E-state index contributed by atoms with van der Waals surface area (Å²) in [5.74, 6) is 0.637. The van der Waals surface area contributed by atoms with Crippen LogP contribution in [0, 0.1) is 5.92 Å². The third-order valence-corrected chi connectivity index (χ3v) is 5.16. The van der Waals surface area contributed by atoms with Gasteiger partial charge in [0.05, 0.1) is 5.69 Å². The zero-order chi connectivity index (χ0) is 17.6. The Morgan fingerprint density at radius 1 is 1.00 bits per heavy atom. The van der Waals surface area contributed by atoms with Crippen LogP contribution in [0.15, 0.2) is 54.6 Å². The van der Waals surface area contributed by atoms with Gasteiger partial charge in [0, 0.05) is 23.0 Å². The third kappa shape index (κ3) is 3.53. The molecule has 1 aromatic heterocycles. The predicted molar refractivity (Wildman–Crippen MR) is 106 cm³/mol. The number of fused-ring (bicyclic) bond motifs is 1. The van der Waals surface area contributed by atoms with Crippen molar-refractivity contribution in [2.75, 3.05) is 0 Å². The molecule has 0 aliphatic heterocycles. The first-order chi connectivity index (χ1) is 12.3. The SMILES string of the molecule is CCCCC(CC)Cn1c(-c2ccccc2)c(C=O)c2ccccc21. The standard InChI is InChI=1S/C23H27NO/c1-3-5-11-18(4-2)16-24-22-15-10-9-14-20(22)21(17-25)23(24)19-12-7-6-8-13-19/h6-10,12-15,17-18H,3-5,11,16H2,1-2H3. The quantitative estimate of drug-likeness (QED) is 0.441. The van der Waals surface area contributed by atoms with Gasteiger partial charge in [-0.2, -0.15) is 0 Å². The summed E-state index contributed by atoms with van der Waals surface area (Å²) in [6, 6.07) is 18.6. The van der Waals surface area contributed by atoms with E-state index in [1.54, 1.807) is 0 Å². The number of nitrogens with zero attached hydrogens (tertiary/aromatic N) is 1. The topological polar surface area (TPSA) is 22.0 Å². The van der Waals surface area contributed by atoms with E-state index >= 15 is 0 Å². The molecule has 2 nitrogen and oxygen atoms in total. The highest BCUT2D eigenvalue weighted by molar-refractivity contribution is 6.05. The van der Waals surface area contributed by atoms with E-state index < -0.39 is 0 Å². The molecule has 1 unspecified atom stereocenters. The van der Waals surface area contributed by atoms with Gasteiger partial charge in [-0.05, 0) is 24.0 Å². The number of rotatable bonds is 8. The van der Waals surface area contributed by atoms with Crippen molar-refractivity contribution in [2.45, 2.75) is 46.1 Å². The molecule has 130 valence electrons. The van der Waals surface area contributed by atoms with Crippen LogP contribution in [0.5, 0.6) is 0 Å². The minimum Gasteiger partial charge on any atom is -0.340 e. The second-order valence-electron chi connectivity index (χ2n) is 6.79. The smallest absolute Gasteiger partial charge is 0.152 e. The van der Waals surface area contributed by atoms with Gasteiger partial charge in [0.15, 0.2) is 6.29 Å². The van der Waals surface area contributed by atoms with E-state index in [9.17, 15) is 4.79 Å². The van der Waals surface area contributed by atoms with Crippen LogP contribution in [0.1, 0.15) is 49.9 Å². The molecule has 1 heterocycles. The number of carbonyl (C=O) groups excluding carboxylic acids is 1. The van der Waals surface area contributed by atoms with Crippen LogP contribution in [0.25, 0.3) is 22.2 Å². The van der Waals surface area contributed by atoms with E-state index in [0.717, 1.165) is 41.5 Å². The van der Waals surface area contributed by atoms with Gasteiger partial charge in [0.25, 0.3) is 0 Å². The number of hydrogen-bond acceptors (Lipinski definition) is 1. The maximum atomic E-state index is 11.9. The molecule has 0 aliphatic rings. The first kappa shape index (κ1) is 17.5. The van der Waals surface area contributed by atoms with E-state index in [4.69, 9.17) is 0 Å². The molecule has 0 saturated heterocycles. The van der Waals surface area contributed by atoms with Crippen LogP contribution in [-0.4, -0.2) is 10.9 Å². The number of aldehydes is 1. The fraction of sp³-hybridized carbons (Fsp3) is 0.348. The van der Waals surface area contributed by atoms with E-state index in [0.29, 0.717) is 5.92 Å². The molecule has 0 aliphatic carbocycles. The molecule has 0 radical (unpaired) electrons. The van der Waals surface area contributed by atoms with Gasteiger partial charge in [0.2, 0.25) is 0 Å². The van der Waals surface area contributed by atoms with Crippen molar-refractivity contribution < 1.29 is 4.79 Å². The molecule has 25 heavy (non-hydrogen) atoms. The number of para-hydroxylation sites is 1. The fourth-order valence-corrected chi connectivity index (χ4v) is 3.72. The largest absolute Gasteiger partial charge is 0.340 e. The molecule has 2 heteroatoms. The van der Waals surface area contributed by atoms with Gasteiger partial charge in [0.1, 0.15) is 0 Å². The van der Waals surface area contributed by atoms with Crippen LogP contribution in [-0.2, 0) is 6.54 Å². The molecule has 3 rings (SSSR count). The lowest BCUT2D eigenvalue weighted by Gasteiger charge is -2.19. The highest BCUT2D eigenvalue weighted by atomic mass is 16.1. The molecule has 0 N–H and O–H groups in total. The maximum absolute atomic E-state index is 11.9. The minimum atomic E-state index is 0.637. The number of benzene rings is 2. The zero-order valence-corrected chi connectivity index (χ0v) is 15.2. The predicted octanol–water partition coefficient (Wildman–Crippen LogP) is 6.34. The molecular weight excluding hydrogens is 306 g/mol. The highest BCUT2D eigenvalue weighted by Crippen LogP contribution is 2.34. The molecule has 0 fully saturated rings. The summed E-state index contributed by atoms with van der Waals surface area (Å²) in [5.41, 5.74) is 4.16. The Hall–Kier alpha value is -2.35. The van der Waals surface area contributed by atoms with Crippen LogP contribution in [0.2, 0.25) is 0 Å². The Balaban J connectivity index is 2.16. The Bertz CT molecular complexity index is 832. The normalized spacial score (nSPS) is 12.4. The van der Waals surface area contributed by atoms with E-state index in [2.05, 4.69) is 48.7 Å². The maximum Gasteiger partial charge on any atom is 0.152 e. The number of hydrogen-bond donors (Lipinski definition) is 0. The summed E-state index contributed by atoms with van der Waals surface area (Å²) in [6.45, 7) is 5.49.